The predicted octanol–water partition coefficient (Wildman–Crippen LogP) is 3.58. The molecule has 0 spiro atoms. The molecule has 1 aliphatic heterocycles. The van der Waals surface area contributed by atoms with Gasteiger partial charge < -0.3 is 15.0 Å². The lowest BCUT2D eigenvalue weighted by atomic mass is 10.1. The Kier molecular flexibility index (Phi) is 5.44. The van der Waals surface area contributed by atoms with Gasteiger partial charge in [-0.15, -0.1) is 0 Å². The molecule has 4 rings (SSSR count). The molecule has 0 aromatic heterocycles. The van der Waals surface area contributed by atoms with Gasteiger partial charge in [-0.25, -0.2) is 0 Å². The van der Waals surface area contributed by atoms with Crippen molar-refractivity contribution in [3.8, 4) is 5.75 Å². The second-order valence-corrected chi connectivity index (χ2v) is 7.68. The molecule has 2 aromatic rings. The van der Waals surface area contributed by atoms with Gasteiger partial charge in [0, 0.05) is 25.0 Å². The average molecular weight is 364 g/mol. The summed E-state index contributed by atoms with van der Waals surface area (Å²) in [7, 11) is 1.96. The van der Waals surface area contributed by atoms with Gasteiger partial charge in [-0.3, -0.25) is 4.79 Å². The highest BCUT2D eigenvalue weighted by Gasteiger charge is 2.47. The Balaban J connectivity index is 1.32. The van der Waals surface area contributed by atoms with Gasteiger partial charge >= 0.3 is 0 Å². The number of carbonyl (C=O) groups is 1. The fraction of sp³-hybridized carbons (Fsp3) is 0.435. The smallest absolute Gasteiger partial charge is 0.226 e. The van der Waals surface area contributed by atoms with Crippen LogP contribution in [0.4, 0.5) is 0 Å². The van der Waals surface area contributed by atoms with Crippen LogP contribution < -0.4 is 10.1 Å². The predicted molar refractivity (Wildman–Crippen MR) is 107 cm³/mol. The zero-order valence-electron chi connectivity index (χ0n) is 15.9. The Labute approximate surface area is 161 Å². The Hall–Kier alpha value is -2.33. The normalized spacial score (nSPS) is 24.0. The molecule has 2 aliphatic rings. The average Bonchev–Trinajstić information content (AvgIpc) is 3.38. The third kappa shape index (κ3) is 4.16. The van der Waals surface area contributed by atoms with E-state index in [1.807, 2.05) is 37.4 Å². The van der Waals surface area contributed by atoms with Crippen LogP contribution in [-0.2, 0) is 11.4 Å². The van der Waals surface area contributed by atoms with Crippen LogP contribution in [0.25, 0.3) is 0 Å². The number of likely N-dealkylation sites (N-methyl/N-ethyl adjacent to an activating group) is 1. The SMILES string of the molecule is CNCC1CCCN1C(=O)C1CC1c1ccc(OCc2ccccc2)cc1. The van der Waals surface area contributed by atoms with Crippen molar-refractivity contribution in [2.45, 2.75) is 37.8 Å². The lowest BCUT2D eigenvalue weighted by Gasteiger charge is -2.24. The van der Waals surface area contributed by atoms with Crippen LogP contribution in [0.15, 0.2) is 54.6 Å². The van der Waals surface area contributed by atoms with Crippen LogP contribution in [-0.4, -0.2) is 37.0 Å². The Morgan fingerprint density at radius 3 is 2.67 bits per heavy atom. The summed E-state index contributed by atoms with van der Waals surface area (Å²) >= 11 is 0. The third-order valence-electron chi connectivity index (χ3n) is 5.76. The molecular formula is C23H28N2O2. The van der Waals surface area contributed by atoms with Crippen LogP contribution in [0, 0.1) is 5.92 Å². The minimum atomic E-state index is 0.165. The van der Waals surface area contributed by atoms with Crippen LogP contribution in [0.5, 0.6) is 5.75 Å². The lowest BCUT2D eigenvalue weighted by Crippen LogP contribution is -2.41. The largest absolute Gasteiger partial charge is 0.489 e. The summed E-state index contributed by atoms with van der Waals surface area (Å²) in [5.41, 5.74) is 2.42. The maximum atomic E-state index is 12.9. The van der Waals surface area contributed by atoms with E-state index in [4.69, 9.17) is 4.74 Å². The van der Waals surface area contributed by atoms with Crippen molar-refractivity contribution in [1.82, 2.24) is 10.2 Å². The summed E-state index contributed by atoms with van der Waals surface area (Å²) in [5.74, 6) is 1.76. The zero-order chi connectivity index (χ0) is 18.6. The molecule has 3 atom stereocenters. The zero-order valence-corrected chi connectivity index (χ0v) is 15.9. The topological polar surface area (TPSA) is 41.6 Å². The molecule has 4 heteroatoms. The number of hydrogen-bond donors (Lipinski definition) is 1. The maximum absolute atomic E-state index is 12.9. The molecule has 2 fully saturated rings. The van der Waals surface area contributed by atoms with Crippen molar-refractivity contribution in [2.75, 3.05) is 20.1 Å². The molecule has 4 nitrogen and oxygen atoms in total. The number of carbonyl (C=O) groups excluding carboxylic acids is 1. The number of likely N-dealkylation sites (tertiary alicyclic amines) is 1. The quantitative estimate of drug-likeness (QED) is 0.816. The van der Waals surface area contributed by atoms with Gasteiger partial charge in [-0.2, -0.15) is 0 Å². The van der Waals surface area contributed by atoms with Gasteiger partial charge in [0.15, 0.2) is 0 Å². The maximum Gasteiger partial charge on any atom is 0.226 e. The molecule has 142 valence electrons. The summed E-state index contributed by atoms with van der Waals surface area (Å²) in [6.45, 7) is 2.39. The second-order valence-electron chi connectivity index (χ2n) is 7.68. The van der Waals surface area contributed by atoms with Crippen LogP contribution in [0.2, 0.25) is 0 Å². The third-order valence-corrected chi connectivity index (χ3v) is 5.76. The van der Waals surface area contributed by atoms with Crippen molar-refractivity contribution in [3.05, 3.63) is 65.7 Å². The number of rotatable bonds is 7. The van der Waals surface area contributed by atoms with E-state index in [0.29, 0.717) is 24.5 Å². The Morgan fingerprint density at radius 1 is 1.15 bits per heavy atom. The molecule has 1 N–H and O–H groups in total. The van der Waals surface area contributed by atoms with E-state index in [9.17, 15) is 4.79 Å². The van der Waals surface area contributed by atoms with Crippen LogP contribution in [0.1, 0.15) is 36.3 Å². The molecular weight excluding hydrogens is 336 g/mol. The van der Waals surface area contributed by atoms with Crippen molar-refractivity contribution < 1.29 is 9.53 Å². The molecule has 1 amide bonds. The van der Waals surface area contributed by atoms with E-state index >= 15 is 0 Å². The fourth-order valence-corrected chi connectivity index (χ4v) is 4.18. The van der Waals surface area contributed by atoms with Crippen molar-refractivity contribution >= 4 is 5.91 Å². The molecule has 2 aromatic carbocycles. The van der Waals surface area contributed by atoms with E-state index in [1.165, 1.54) is 5.56 Å². The van der Waals surface area contributed by atoms with Gasteiger partial charge in [0.2, 0.25) is 5.91 Å². The first-order valence-corrected chi connectivity index (χ1v) is 9.98. The number of nitrogens with one attached hydrogen (secondary N) is 1. The highest BCUT2D eigenvalue weighted by atomic mass is 16.5. The highest BCUT2D eigenvalue weighted by molar-refractivity contribution is 5.83. The molecule has 0 bridgehead atoms. The van der Waals surface area contributed by atoms with E-state index < -0.39 is 0 Å². The van der Waals surface area contributed by atoms with Gasteiger partial charge in [0.25, 0.3) is 0 Å². The van der Waals surface area contributed by atoms with E-state index in [1.54, 1.807) is 0 Å². The summed E-state index contributed by atoms with van der Waals surface area (Å²) in [5, 5.41) is 3.22. The van der Waals surface area contributed by atoms with Crippen molar-refractivity contribution in [1.29, 1.82) is 0 Å². The molecule has 1 aliphatic carbocycles. The molecule has 1 heterocycles. The minimum absolute atomic E-state index is 0.165. The number of hydrogen-bond acceptors (Lipinski definition) is 3. The van der Waals surface area contributed by atoms with E-state index in [2.05, 4.69) is 34.5 Å². The molecule has 1 saturated heterocycles. The van der Waals surface area contributed by atoms with Gasteiger partial charge in [0.1, 0.15) is 12.4 Å². The number of nitrogens with zero attached hydrogens (tertiary/aromatic N) is 1. The van der Waals surface area contributed by atoms with Crippen molar-refractivity contribution in [2.24, 2.45) is 5.92 Å². The fourth-order valence-electron chi connectivity index (χ4n) is 4.18. The van der Waals surface area contributed by atoms with E-state index in [0.717, 1.165) is 43.7 Å². The first kappa shape index (κ1) is 18.1. The summed E-state index contributed by atoms with van der Waals surface area (Å²) in [6, 6.07) is 18.8. The van der Waals surface area contributed by atoms with Gasteiger partial charge in [-0.05, 0) is 55.5 Å². The van der Waals surface area contributed by atoms with Crippen molar-refractivity contribution in [3.63, 3.8) is 0 Å². The Bertz CT molecular complexity index is 760. The first-order chi connectivity index (χ1) is 13.3. The summed E-state index contributed by atoms with van der Waals surface area (Å²) in [6.07, 6.45) is 3.23. The number of amides is 1. The number of ether oxygens (including phenoxy) is 1. The lowest BCUT2D eigenvalue weighted by molar-refractivity contribution is -0.133. The number of benzene rings is 2. The molecule has 3 unspecified atom stereocenters. The molecule has 0 radical (unpaired) electrons. The van der Waals surface area contributed by atoms with Gasteiger partial charge in [-0.1, -0.05) is 42.5 Å². The second kappa shape index (κ2) is 8.13. The highest BCUT2D eigenvalue weighted by Crippen LogP contribution is 2.49. The van der Waals surface area contributed by atoms with Crippen LogP contribution >= 0.6 is 0 Å². The molecule has 27 heavy (non-hydrogen) atoms. The van der Waals surface area contributed by atoms with Gasteiger partial charge in [0.05, 0.1) is 0 Å². The summed E-state index contributed by atoms with van der Waals surface area (Å²) in [4.78, 5) is 15.0. The monoisotopic (exact) mass is 364 g/mol. The first-order valence-electron chi connectivity index (χ1n) is 9.98. The Morgan fingerprint density at radius 2 is 1.93 bits per heavy atom. The molecule has 1 saturated carbocycles. The minimum Gasteiger partial charge on any atom is -0.489 e. The summed E-state index contributed by atoms with van der Waals surface area (Å²) < 4.78 is 5.86. The van der Waals surface area contributed by atoms with Crippen LogP contribution in [0.3, 0.4) is 0 Å². The standard InChI is InChI=1S/C23H28N2O2/c1-24-15-19-8-5-13-25(19)23(26)22-14-21(22)18-9-11-20(12-10-18)27-16-17-6-3-2-4-7-17/h2-4,6-7,9-12,19,21-22,24H,5,8,13-16H2,1H3. The van der Waals surface area contributed by atoms with E-state index in [-0.39, 0.29) is 5.92 Å².